The van der Waals surface area contributed by atoms with Crippen LogP contribution in [0.4, 0.5) is 0 Å². The third kappa shape index (κ3) is 3.67. The maximum absolute atomic E-state index is 10.1. The minimum atomic E-state index is -0.330. The lowest BCUT2D eigenvalue weighted by Crippen LogP contribution is -1.96. The Kier molecular flexibility index (Phi) is 4.98. The molecule has 1 heterocycles. The second kappa shape index (κ2) is 6.50. The molecule has 1 N–H and O–H groups in total. The van der Waals surface area contributed by atoms with Gasteiger partial charge in [0.1, 0.15) is 0 Å². The molecule has 1 aromatic carbocycles. The molecule has 1 aromatic heterocycles. The fourth-order valence-electron chi connectivity index (χ4n) is 1.93. The maximum Gasteiger partial charge on any atom is 0.0882 e. The van der Waals surface area contributed by atoms with Gasteiger partial charge in [0.25, 0.3) is 0 Å². The van der Waals surface area contributed by atoms with E-state index in [2.05, 4.69) is 53.2 Å². The molecule has 3 heteroatoms. The molecule has 0 fully saturated rings. The average molecular weight is 325 g/mol. The summed E-state index contributed by atoms with van der Waals surface area (Å²) in [5.41, 5.74) is 2.55. The number of hydrogen-bond donors (Lipinski definition) is 1. The second-order valence-corrected chi connectivity index (χ2v) is 6.90. The number of hydrogen-bond acceptors (Lipinski definition) is 2. The maximum atomic E-state index is 10.1. The van der Waals surface area contributed by atoms with E-state index in [-0.39, 0.29) is 6.10 Å². The van der Waals surface area contributed by atoms with E-state index in [0.29, 0.717) is 0 Å². The summed E-state index contributed by atoms with van der Waals surface area (Å²) in [5, 5.41) is 10.1. The largest absolute Gasteiger partial charge is 0.388 e. The molecule has 0 saturated carbocycles. The van der Waals surface area contributed by atoms with Crippen molar-refractivity contribution < 1.29 is 5.11 Å². The number of aryl methyl sites for hydroxylation is 2. The SMILES string of the molecule is Cc1cc(C(O)CCCc2ccccc2)sc1Br. The van der Waals surface area contributed by atoms with Crippen molar-refractivity contribution in [3.63, 3.8) is 0 Å². The molecular formula is C15H17BrOS. The normalized spacial score (nSPS) is 12.6. The topological polar surface area (TPSA) is 20.2 Å². The highest BCUT2D eigenvalue weighted by Gasteiger charge is 2.11. The van der Waals surface area contributed by atoms with Crippen LogP contribution in [0.25, 0.3) is 0 Å². The molecule has 1 nitrogen and oxygen atoms in total. The van der Waals surface area contributed by atoms with Gasteiger partial charge in [0.05, 0.1) is 9.89 Å². The van der Waals surface area contributed by atoms with Crippen molar-refractivity contribution in [2.75, 3.05) is 0 Å². The summed E-state index contributed by atoms with van der Waals surface area (Å²) in [7, 11) is 0. The first-order valence-corrected chi connectivity index (χ1v) is 7.75. The van der Waals surface area contributed by atoms with Gasteiger partial charge in [-0.3, -0.25) is 0 Å². The lowest BCUT2D eigenvalue weighted by molar-refractivity contribution is 0.168. The molecule has 96 valence electrons. The minimum absolute atomic E-state index is 0.330. The van der Waals surface area contributed by atoms with Gasteiger partial charge in [0, 0.05) is 4.88 Å². The molecule has 1 atom stereocenters. The number of halogens is 1. The smallest absolute Gasteiger partial charge is 0.0882 e. The number of thiophene rings is 1. The van der Waals surface area contributed by atoms with E-state index in [1.54, 1.807) is 11.3 Å². The van der Waals surface area contributed by atoms with Crippen LogP contribution in [0.1, 0.15) is 34.9 Å². The van der Waals surface area contributed by atoms with E-state index in [1.165, 1.54) is 11.1 Å². The van der Waals surface area contributed by atoms with Crippen LogP contribution in [-0.2, 0) is 6.42 Å². The Morgan fingerprint density at radius 3 is 2.61 bits per heavy atom. The van der Waals surface area contributed by atoms with Crippen LogP contribution >= 0.6 is 27.3 Å². The van der Waals surface area contributed by atoms with Gasteiger partial charge in [-0.25, -0.2) is 0 Å². The monoisotopic (exact) mass is 324 g/mol. The third-order valence-corrected chi connectivity index (χ3v) is 5.23. The third-order valence-electron chi connectivity index (χ3n) is 2.99. The molecule has 1 unspecified atom stereocenters. The van der Waals surface area contributed by atoms with Gasteiger partial charge in [0.15, 0.2) is 0 Å². The Bertz CT molecular complexity index is 473. The average Bonchev–Trinajstić information content (AvgIpc) is 2.71. The fraction of sp³-hybridized carbons (Fsp3) is 0.333. The first-order valence-electron chi connectivity index (χ1n) is 6.14. The predicted octanol–water partition coefficient (Wildman–Crippen LogP) is 4.88. The van der Waals surface area contributed by atoms with Gasteiger partial charge in [-0.05, 0) is 59.3 Å². The fourth-order valence-corrected chi connectivity index (χ4v) is 3.53. The van der Waals surface area contributed by atoms with E-state index in [1.807, 2.05) is 6.07 Å². The predicted molar refractivity (Wildman–Crippen MR) is 81.1 cm³/mol. The summed E-state index contributed by atoms with van der Waals surface area (Å²) in [5.74, 6) is 0. The molecule has 0 amide bonds. The standard InChI is InChI=1S/C15H17BrOS/c1-11-10-14(18-15(11)16)13(17)9-5-8-12-6-3-2-4-7-12/h2-4,6-7,10,13,17H,5,8-9H2,1H3. The van der Waals surface area contributed by atoms with Crippen molar-refractivity contribution in [1.82, 2.24) is 0 Å². The summed E-state index contributed by atoms with van der Waals surface area (Å²) < 4.78 is 1.12. The highest BCUT2D eigenvalue weighted by atomic mass is 79.9. The quantitative estimate of drug-likeness (QED) is 0.831. The molecular weight excluding hydrogens is 308 g/mol. The van der Waals surface area contributed by atoms with Gasteiger partial charge in [-0.2, -0.15) is 0 Å². The van der Waals surface area contributed by atoms with Gasteiger partial charge in [-0.1, -0.05) is 30.3 Å². The number of benzene rings is 1. The summed E-state index contributed by atoms with van der Waals surface area (Å²) >= 11 is 5.13. The summed E-state index contributed by atoms with van der Waals surface area (Å²) in [6, 6.07) is 12.5. The molecule has 0 saturated heterocycles. The van der Waals surface area contributed by atoms with Gasteiger partial charge in [0.2, 0.25) is 0 Å². The number of aliphatic hydroxyl groups excluding tert-OH is 1. The Labute approximate surface area is 121 Å². The van der Waals surface area contributed by atoms with Gasteiger partial charge in [-0.15, -0.1) is 11.3 Å². The van der Waals surface area contributed by atoms with Gasteiger partial charge < -0.3 is 5.11 Å². The zero-order valence-corrected chi connectivity index (χ0v) is 12.8. The highest BCUT2D eigenvalue weighted by molar-refractivity contribution is 9.11. The van der Waals surface area contributed by atoms with Crippen LogP contribution < -0.4 is 0 Å². The Balaban J connectivity index is 1.83. The van der Waals surface area contributed by atoms with Crippen molar-refractivity contribution in [1.29, 1.82) is 0 Å². The Hall–Kier alpha value is -0.640. The zero-order chi connectivity index (χ0) is 13.0. The summed E-state index contributed by atoms with van der Waals surface area (Å²) in [4.78, 5) is 1.06. The molecule has 0 bridgehead atoms. The molecule has 0 aliphatic rings. The van der Waals surface area contributed by atoms with E-state index in [4.69, 9.17) is 0 Å². The Morgan fingerprint density at radius 1 is 1.28 bits per heavy atom. The summed E-state index contributed by atoms with van der Waals surface area (Å²) in [6.07, 6.45) is 2.54. The number of aliphatic hydroxyl groups is 1. The van der Waals surface area contributed by atoms with Crippen LogP contribution in [0.5, 0.6) is 0 Å². The lowest BCUT2D eigenvalue weighted by Gasteiger charge is -2.08. The van der Waals surface area contributed by atoms with Crippen LogP contribution in [0.2, 0.25) is 0 Å². The van der Waals surface area contributed by atoms with Crippen molar-refractivity contribution in [3.05, 3.63) is 56.2 Å². The van der Waals surface area contributed by atoms with E-state index in [0.717, 1.165) is 27.9 Å². The molecule has 2 rings (SSSR count). The molecule has 0 spiro atoms. The molecule has 2 aromatic rings. The molecule has 0 radical (unpaired) electrons. The minimum Gasteiger partial charge on any atom is -0.388 e. The molecule has 0 aliphatic heterocycles. The number of rotatable bonds is 5. The van der Waals surface area contributed by atoms with E-state index < -0.39 is 0 Å². The Morgan fingerprint density at radius 2 is 2.00 bits per heavy atom. The van der Waals surface area contributed by atoms with Crippen LogP contribution in [-0.4, -0.2) is 5.11 Å². The molecule has 0 aliphatic carbocycles. The summed E-state index contributed by atoms with van der Waals surface area (Å²) in [6.45, 7) is 2.06. The molecule has 18 heavy (non-hydrogen) atoms. The van der Waals surface area contributed by atoms with Crippen molar-refractivity contribution in [3.8, 4) is 0 Å². The second-order valence-electron chi connectivity index (χ2n) is 4.50. The van der Waals surface area contributed by atoms with Crippen LogP contribution in [0.15, 0.2) is 40.2 Å². The highest BCUT2D eigenvalue weighted by Crippen LogP contribution is 2.33. The lowest BCUT2D eigenvalue weighted by atomic mass is 10.1. The van der Waals surface area contributed by atoms with Crippen molar-refractivity contribution >= 4 is 27.3 Å². The van der Waals surface area contributed by atoms with Gasteiger partial charge >= 0.3 is 0 Å². The zero-order valence-electron chi connectivity index (χ0n) is 10.4. The van der Waals surface area contributed by atoms with Crippen LogP contribution in [0.3, 0.4) is 0 Å². The first kappa shape index (κ1) is 13.8. The van der Waals surface area contributed by atoms with E-state index >= 15 is 0 Å². The van der Waals surface area contributed by atoms with Crippen molar-refractivity contribution in [2.24, 2.45) is 0 Å². The van der Waals surface area contributed by atoms with Crippen LogP contribution in [0, 0.1) is 6.92 Å². The van der Waals surface area contributed by atoms with Crippen molar-refractivity contribution in [2.45, 2.75) is 32.3 Å². The van der Waals surface area contributed by atoms with E-state index in [9.17, 15) is 5.11 Å². The first-order chi connectivity index (χ1) is 8.66.